The first-order chi connectivity index (χ1) is 9.55. The first kappa shape index (κ1) is 13.2. The van der Waals surface area contributed by atoms with Crippen molar-refractivity contribution in [1.29, 1.82) is 0 Å². The quantitative estimate of drug-likeness (QED) is 0.828. The molecule has 5 nitrogen and oxygen atoms in total. The second kappa shape index (κ2) is 4.63. The fourth-order valence-corrected chi connectivity index (χ4v) is 3.56. The van der Waals surface area contributed by atoms with Gasteiger partial charge in [0.15, 0.2) is 0 Å². The van der Waals surface area contributed by atoms with E-state index < -0.39 is 0 Å². The van der Waals surface area contributed by atoms with Crippen LogP contribution in [0.4, 0.5) is 11.4 Å². The molecule has 3 N–H and O–H groups in total. The summed E-state index contributed by atoms with van der Waals surface area (Å²) < 4.78 is 1.10. The summed E-state index contributed by atoms with van der Waals surface area (Å²) in [6, 6.07) is 4.08. The first-order valence-electron chi connectivity index (χ1n) is 6.64. The van der Waals surface area contributed by atoms with Crippen LogP contribution in [0.15, 0.2) is 17.6 Å². The van der Waals surface area contributed by atoms with E-state index in [1.165, 1.54) is 0 Å². The summed E-state index contributed by atoms with van der Waals surface area (Å²) in [6.07, 6.45) is 0.835. The van der Waals surface area contributed by atoms with Crippen LogP contribution in [0.2, 0.25) is 0 Å². The number of benzene rings is 1. The Morgan fingerprint density at radius 1 is 1.55 bits per heavy atom. The van der Waals surface area contributed by atoms with Crippen LogP contribution in [-0.4, -0.2) is 31.0 Å². The van der Waals surface area contributed by atoms with Gasteiger partial charge in [0.05, 0.1) is 27.0 Å². The average molecular weight is 290 g/mol. The van der Waals surface area contributed by atoms with Crippen LogP contribution in [0.5, 0.6) is 0 Å². The molecule has 2 heterocycles. The van der Waals surface area contributed by atoms with E-state index >= 15 is 0 Å². The predicted molar refractivity (Wildman–Crippen MR) is 83.0 cm³/mol. The fourth-order valence-electron chi connectivity index (χ4n) is 2.87. The molecule has 0 saturated carbocycles. The zero-order chi connectivity index (χ0) is 14.3. The van der Waals surface area contributed by atoms with Gasteiger partial charge in [-0.15, -0.1) is 11.3 Å². The van der Waals surface area contributed by atoms with E-state index in [1.54, 1.807) is 18.4 Å². The molecule has 0 radical (unpaired) electrons. The Labute approximate surface area is 121 Å². The molecule has 20 heavy (non-hydrogen) atoms. The maximum absolute atomic E-state index is 12.0. The molecule has 2 aromatic rings. The number of aromatic nitrogens is 1. The van der Waals surface area contributed by atoms with Crippen LogP contribution in [0.25, 0.3) is 10.2 Å². The number of thiazole rings is 1. The molecule has 1 amide bonds. The summed E-state index contributed by atoms with van der Waals surface area (Å²) in [4.78, 5) is 18.5. The number of hydrogen-bond acceptors (Lipinski definition) is 5. The van der Waals surface area contributed by atoms with Crippen molar-refractivity contribution in [3.8, 4) is 0 Å². The second-order valence-corrected chi connectivity index (χ2v) is 6.40. The lowest BCUT2D eigenvalue weighted by Crippen LogP contribution is -2.39. The first-order valence-corrected chi connectivity index (χ1v) is 7.52. The molecule has 1 unspecified atom stereocenters. The number of nitrogen functional groups attached to an aromatic ring is 1. The molecule has 0 aliphatic carbocycles. The predicted octanol–water partition coefficient (Wildman–Crippen LogP) is 1.84. The Balaban J connectivity index is 1.93. The van der Waals surface area contributed by atoms with Crippen LogP contribution in [0.3, 0.4) is 0 Å². The Hall–Kier alpha value is -1.82. The highest BCUT2D eigenvalue weighted by atomic mass is 32.1. The molecule has 3 rings (SSSR count). The maximum Gasteiger partial charge on any atom is 0.227 e. The summed E-state index contributed by atoms with van der Waals surface area (Å²) in [7, 11) is 1.69. The SMILES string of the molecule is CNC(=O)C1(C)CCN(c2ccc3scnc3c2N)C1. The van der Waals surface area contributed by atoms with Crippen molar-refractivity contribution in [1.82, 2.24) is 10.3 Å². The van der Waals surface area contributed by atoms with E-state index in [-0.39, 0.29) is 11.3 Å². The number of rotatable bonds is 2. The van der Waals surface area contributed by atoms with E-state index in [9.17, 15) is 4.79 Å². The average Bonchev–Trinajstić information content (AvgIpc) is 3.06. The Morgan fingerprint density at radius 2 is 2.35 bits per heavy atom. The van der Waals surface area contributed by atoms with Crippen LogP contribution >= 0.6 is 11.3 Å². The minimum Gasteiger partial charge on any atom is -0.395 e. The number of carbonyl (C=O) groups excluding carboxylic acids is 1. The molecule has 0 bridgehead atoms. The largest absolute Gasteiger partial charge is 0.395 e. The zero-order valence-corrected chi connectivity index (χ0v) is 12.5. The standard InChI is InChI=1S/C14H18N4OS/c1-14(13(19)16-2)5-6-18(7-14)9-3-4-10-12(11(9)15)17-8-20-10/h3-4,8H,5-7,15H2,1-2H3,(H,16,19). The highest BCUT2D eigenvalue weighted by Crippen LogP contribution is 2.38. The minimum absolute atomic E-state index is 0.0910. The number of nitrogens with zero attached hydrogens (tertiary/aromatic N) is 2. The van der Waals surface area contributed by atoms with Gasteiger partial charge in [-0.25, -0.2) is 4.98 Å². The van der Waals surface area contributed by atoms with Crippen molar-refractivity contribution < 1.29 is 4.79 Å². The molecule has 1 aliphatic rings. The van der Waals surface area contributed by atoms with E-state index in [2.05, 4.69) is 15.2 Å². The van der Waals surface area contributed by atoms with Gasteiger partial charge < -0.3 is 16.0 Å². The summed E-state index contributed by atoms with van der Waals surface area (Å²) >= 11 is 1.59. The van der Waals surface area contributed by atoms with Crippen molar-refractivity contribution in [2.45, 2.75) is 13.3 Å². The molecule has 0 spiro atoms. The zero-order valence-electron chi connectivity index (χ0n) is 11.6. The molecule has 1 saturated heterocycles. The molecule has 1 aliphatic heterocycles. The van der Waals surface area contributed by atoms with Crippen LogP contribution in [0.1, 0.15) is 13.3 Å². The molecule has 1 aromatic carbocycles. The number of amides is 1. The lowest BCUT2D eigenvalue weighted by atomic mass is 9.89. The van der Waals surface area contributed by atoms with Crippen LogP contribution in [0, 0.1) is 5.41 Å². The highest BCUT2D eigenvalue weighted by molar-refractivity contribution is 7.16. The van der Waals surface area contributed by atoms with Crippen molar-refractivity contribution in [2.75, 3.05) is 30.8 Å². The number of fused-ring (bicyclic) bond motifs is 1. The number of nitrogens with one attached hydrogen (secondary N) is 1. The van der Waals surface area contributed by atoms with Gasteiger partial charge in [-0.2, -0.15) is 0 Å². The number of nitrogens with two attached hydrogens (primary N) is 1. The molecule has 106 valence electrons. The lowest BCUT2D eigenvalue weighted by molar-refractivity contribution is -0.128. The van der Waals surface area contributed by atoms with Gasteiger partial charge in [-0.1, -0.05) is 0 Å². The van der Waals surface area contributed by atoms with Gasteiger partial charge in [0.2, 0.25) is 5.91 Å². The van der Waals surface area contributed by atoms with Crippen LogP contribution in [-0.2, 0) is 4.79 Å². The maximum atomic E-state index is 12.0. The molecule has 1 atom stereocenters. The molecule has 1 fully saturated rings. The summed E-state index contributed by atoms with van der Waals surface area (Å²) in [5.74, 6) is 0.0910. The monoisotopic (exact) mass is 290 g/mol. The Bertz CT molecular complexity index is 668. The molecular weight excluding hydrogens is 272 g/mol. The number of anilines is 2. The van der Waals surface area contributed by atoms with Gasteiger partial charge in [-0.3, -0.25) is 4.79 Å². The van der Waals surface area contributed by atoms with Gasteiger partial charge in [0.25, 0.3) is 0 Å². The molecule has 6 heteroatoms. The Kier molecular flexibility index (Phi) is 3.05. The lowest BCUT2D eigenvalue weighted by Gasteiger charge is -2.24. The van der Waals surface area contributed by atoms with Gasteiger partial charge in [0, 0.05) is 20.1 Å². The Morgan fingerprint density at radius 3 is 3.10 bits per heavy atom. The van der Waals surface area contributed by atoms with Crippen molar-refractivity contribution in [2.24, 2.45) is 5.41 Å². The molecular formula is C14H18N4OS. The van der Waals surface area contributed by atoms with Crippen molar-refractivity contribution >= 4 is 38.8 Å². The normalized spacial score (nSPS) is 22.4. The van der Waals surface area contributed by atoms with Crippen molar-refractivity contribution in [3.05, 3.63) is 17.6 Å². The second-order valence-electron chi connectivity index (χ2n) is 5.51. The summed E-state index contributed by atoms with van der Waals surface area (Å²) in [5.41, 5.74) is 10.3. The van der Waals surface area contributed by atoms with Gasteiger partial charge in [0.1, 0.15) is 5.52 Å². The van der Waals surface area contributed by atoms with Crippen molar-refractivity contribution in [3.63, 3.8) is 0 Å². The van der Waals surface area contributed by atoms with Gasteiger partial charge in [-0.05, 0) is 25.5 Å². The fraction of sp³-hybridized carbons (Fsp3) is 0.429. The van der Waals surface area contributed by atoms with E-state index in [0.717, 1.165) is 28.9 Å². The van der Waals surface area contributed by atoms with E-state index in [0.29, 0.717) is 12.2 Å². The number of carbonyl (C=O) groups is 1. The third kappa shape index (κ3) is 1.91. The van der Waals surface area contributed by atoms with Gasteiger partial charge >= 0.3 is 0 Å². The van der Waals surface area contributed by atoms with Crippen LogP contribution < -0.4 is 16.0 Å². The minimum atomic E-state index is -0.349. The summed E-state index contributed by atoms with van der Waals surface area (Å²) in [5, 5.41) is 2.75. The third-order valence-corrected chi connectivity index (χ3v) is 4.90. The van der Waals surface area contributed by atoms with E-state index in [1.807, 2.05) is 24.6 Å². The summed E-state index contributed by atoms with van der Waals surface area (Å²) in [6.45, 7) is 3.53. The third-order valence-electron chi connectivity index (χ3n) is 4.11. The van der Waals surface area contributed by atoms with E-state index in [4.69, 9.17) is 5.73 Å². The smallest absolute Gasteiger partial charge is 0.227 e. The topological polar surface area (TPSA) is 71.2 Å². The number of hydrogen-bond donors (Lipinski definition) is 2. The molecule has 1 aromatic heterocycles. The highest BCUT2D eigenvalue weighted by Gasteiger charge is 2.40.